The number of aryl methyl sites for hydroxylation is 2. The number of nitrogens with zero attached hydrogens (tertiary/aromatic N) is 4. The lowest BCUT2D eigenvalue weighted by Gasteiger charge is -2.24. The molecule has 0 amide bonds. The Morgan fingerprint density at radius 2 is 1.23 bits per heavy atom. The molecule has 0 saturated carbocycles. The minimum absolute atomic E-state index is 0.00728. The number of benzene rings is 6. The van der Waals surface area contributed by atoms with Gasteiger partial charge in [0.2, 0.25) is 0 Å². The minimum atomic E-state index is 0.00728. The van der Waals surface area contributed by atoms with E-state index in [1.807, 2.05) is 6.20 Å². The van der Waals surface area contributed by atoms with Crippen LogP contribution in [0.15, 0.2) is 140 Å². The molecule has 5 heteroatoms. The second-order valence-corrected chi connectivity index (χ2v) is 20.4. The summed E-state index contributed by atoms with van der Waals surface area (Å²) in [4.78, 5) is 9.90. The maximum Gasteiger partial charge on any atom is 0.138 e. The van der Waals surface area contributed by atoms with Crippen LogP contribution in [0.25, 0.3) is 38.8 Å². The van der Waals surface area contributed by atoms with Gasteiger partial charge in [0.15, 0.2) is 0 Å². The van der Waals surface area contributed by atoms with E-state index < -0.39 is 0 Å². The Hall–Kier alpha value is -6.33. The lowest BCUT2D eigenvalue weighted by Crippen LogP contribution is -2.27. The summed E-state index contributed by atoms with van der Waals surface area (Å²) in [6.07, 6.45) is 1.95. The summed E-state index contributed by atoms with van der Waals surface area (Å²) < 4.78 is 9.11. The van der Waals surface area contributed by atoms with Crippen molar-refractivity contribution in [2.45, 2.75) is 99.0 Å². The highest BCUT2D eigenvalue weighted by atomic mass is 16.5. The molecule has 62 heavy (non-hydrogen) atoms. The van der Waals surface area contributed by atoms with Gasteiger partial charge in [0.05, 0.1) is 29.1 Å². The van der Waals surface area contributed by atoms with E-state index in [0.717, 1.165) is 52.8 Å². The molecular formula is C57H60N4O. The van der Waals surface area contributed by atoms with Crippen molar-refractivity contribution in [2.24, 2.45) is 0 Å². The van der Waals surface area contributed by atoms with Crippen LogP contribution in [0.3, 0.4) is 0 Å². The van der Waals surface area contributed by atoms with Crippen LogP contribution in [0.2, 0.25) is 0 Å². The Kier molecular flexibility index (Phi) is 10.1. The van der Waals surface area contributed by atoms with Gasteiger partial charge in [-0.05, 0) is 135 Å². The Morgan fingerprint density at radius 1 is 0.548 bits per heavy atom. The standard InChI is InChI=1S/C57H60N4O/c1-37-28-43(57(9,10)11)29-38(2)54(37)40-26-27-58-53(31-40)61-49-25-22-42(56(6,7)8)32-48(49)47-24-23-46(34-52(47)61)62-45-19-15-18-44(33-45)60-36-59(50-20-12-13-21-51(50)60)35-39-16-14-17-41(30-39)55(3,4)5/h12-34H,35-36H2,1-11H3. The van der Waals surface area contributed by atoms with Crippen molar-refractivity contribution in [2.75, 3.05) is 16.5 Å². The summed E-state index contributed by atoms with van der Waals surface area (Å²) in [6.45, 7) is 26.5. The van der Waals surface area contributed by atoms with Gasteiger partial charge < -0.3 is 14.5 Å². The molecule has 8 aromatic rings. The summed E-state index contributed by atoms with van der Waals surface area (Å²) in [5, 5.41) is 2.38. The fourth-order valence-corrected chi connectivity index (χ4v) is 9.17. The van der Waals surface area contributed by atoms with E-state index in [9.17, 15) is 0 Å². The molecule has 0 atom stereocenters. The third-order valence-electron chi connectivity index (χ3n) is 12.6. The van der Waals surface area contributed by atoms with Crippen LogP contribution in [-0.4, -0.2) is 16.2 Å². The van der Waals surface area contributed by atoms with E-state index in [1.165, 1.54) is 61.1 Å². The Morgan fingerprint density at radius 3 is 1.95 bits per heavy atom. The van der Waals surface area contributed by atoms with Crippen LogP contribution in [0.4, 0.5) is 17.1 Å². The molecule has 0 fully saturated rings. The third-order valence-corrected chi connectivity index (χ3v) is 12.6. The van der Waals surface area contributed by atoms with Gasteiger partial charge in [0.1, 0.15) is 17.3 Å². The molecule has 0 saturated heterocycles. The molecule has 0 spiro atoms. The first-order valence-electron chi connectivity index (χ1n) is 22.1. The molecule has 6 aromatic carbocycles. The molecule has 3 heterocycles. The molecule has 1 aliphatic heterocycles. The van der Waals surface area contributed by atoms with Gasteiger partial charge in [0, 0.05) is 41.3 Å². The molecule has 9 rings (SSSR count). The molecule has 314 valence electrons. The van der Waals surface area contributed by atoms with E-state index in [0.29, 0.717) is 0 Å². The van der Waals surface area contributed by atoms with Crippen LogP contribution < -0.4 is 14.5 Å². The second-order valence-electron chi connectivity index (χ2n) is 20.4. The SMILES string of the molecule is Cc1cc(C(C)(C)C)cc(C)c1-c1ccnc(-n2c3ccc(C(C)(C)C)cc3c3ccc(Oc4cccc(N5CN(Cc6cccc(C(C)(C)C)c6)c6ccccc65)c4)cc32)c1. The van der Waals surface area contributed by atoms with Gasteiger partial charge in [-0.25, -0.2) is 4.98 Å². The normalized spacial score (nSPS) is 13.3. The van der Waals surface area contributed by atoms with Gasteiger partial charge in [-0.2, -0.15) is 0 Å². The number of hydrogen-bond acceptors (Lipinski definition) is 4. The van der Waals surface area contributed by atoms with E-state index >= 15 is 0 Å². The largest absolute Gasteiger partial charge is 0.457 e. The Labute approximate surface area is 368 Å². The molecule has 5 nitrogen and oxygen atoms in total. The zero-order chi connectivity index (χ0) is 43.7. The van der Waals surface area contributed by atoms with E-state index in [-0.39, 0.29) is 16.2 Å². The van der Waals surface area contributed by atoms with Gasteiger partial charge >= 0.3 is 0 Å². The lowest BCUT2D eigenvalue weighted by molar-refractivity contribution is 0.483. The van der Waals surface area contributed by atoms with E-state index in [4.69, 9.17) is 9.72 Å². The Balaban J connectivity index is 1.08. The average molecular weight is 817 g/mol. The van der Waals surface area contributed by atoms with Crippen LogP contribution >= 0.6 is 0 Å². The number of anilines is 3. The van der Waals surface area contributed by atoms with Crippen molar-refractivity contribution in [3.8, 4) is 28.4 Å². The van der Waals surface area contributed by atoms with Crippen molar-refractivity contribution in [3.05, 3.63) is 173 Å². The number of hydrogen-bond donors (Lipinski definition) is 0. The molecular weight excluding hydrogens is 757 g/mol. The summed E-state index contributed by atoms with van der Waals surface area (Å²) >= 11 is 0. The number of para-hydroxylation sites is 2. The maximum atomic E-state index is 6.80. The number of pyridine rings is 1. The minimum Gasteiger partial charge on any atom is -0.457 e. The summed E-state index contributed by atoms with van der Waals surface area (Å²) in [7, 11) is 0. The molecule has 0 bridgehead atoms. The topological polar surface area (TPSA) is 33.5 Å². The zero-order valence-electron chi connectivity index (χ0n) is 38.4. The lowest BCUT2D eigenvalue weighted by atomic mass is 9.83. The first kappa shape index (κ1) is 41.0. The Bertz CT molecular complexity index is 2960. The molecule has 2 aromatic heterocycles. The van der Waals surface area contributed by atoms with Gasteiger partial charge in [-0.3, -0.25) is 4.57 Å². The molecule has 1 aliphatic rings. The average Bonchev–Trinajstić information content (AvgIpc) is 3.75. The van der Waals surface area contributed by atoms with Crippen molar-refractivity contribution >= 4 is 38.9 Å². The van der Waals surface area contributed by atoms with E-state index in [2.05, 4.69) is 224 Å². The third kappa shape index (κ3) is 7.74. The molecule has 0 aliphatic carbocycles. The van der Waals surface area contributed by atoms with E-state index in [1.54, 1.807) is 0 Å². The van der Waals surface area contributed by atoms with Crippen molar-refractivity contribution in [1.29, 1.82) is 0 Å². The molecule has 0 radical (unpaired) electrons. The van der Waals surface area contributed by atoms with Crippen LogP contribution in [0.5, 0.6) is 11.5 Å². The maximum absolute atomic E-state index is 6.80. The highest BCUT2D eigenvalue weighted by molar-refractivity contribution is 6.10. The number of rotatable bonds is 7. The van der Waals surface area contributed by atoms with Crippen LogP contribution in [0.1, 0.15) is 95.7 Å². The summed E-state index contributed by atoms with van der Waals surface area (Å²) in [5.74, 6) is 2.45. The summed E-state index contributed by atoms with van der Waals surface area (Å²) in [5.41, 5.74) is 16.2. The molecule has 0 unspecified atom stereocenters. The van der Waals surface area contributed by atoms with Crippen LogP contribution in [-0.2, 0) is 22.8 Å². The van der Waals surface area contributed by atoms with Gasteiger partial charge in [0.25, 0.3) is 0 Å². The van der Waals surface area contributed by atoms with Gasteiger partial charge in [-0.1, -0.05) is 123 Å². The quantitative estimate of drug-likeness (QED) is 0.160. The fraction of sp³-hybridized carbons (Fsp3) is 0.281. The number of aromatic nitrogens is 2. The monoisotopic (exact) mass is 816 g/mol. The summed E-state index contributed by atoms with van der Waals surface area (Å²) in [6, 6.07) is 48.7. The fourth-order valence-electron chi connectivity index (χ4n) is 9.17. The first-order chi connectivity index (χ1) is 29.4. The predicted molar refractivity (Wildman–Crippen MR) is 262 cm³/mol. The highest BCUT2D eigenvalue weighted by Gasteiger charge is 2.28. The predicted octanol–water partition coefficient (Wildman–Crippen LogP) is 15.3. The van der Waals surface area contributed by atoms with Crippen molar-refractivity contribution in [1.82, 2.24) is 9.55 Å². The highest BCUT2D eigenvalue weighted by Crippen LogP contribution is 2.43. The number of ether oxygens (including phenoxy) is 1. The zero-order valence-corrected chi connectivity index (χ0v) is 38.4. The number of fused-ring (bicyclic) bond motifs is 4. The second kappa shape index (κ2) is 15.2. The first-order valence-corrected chi connectivity index (χ1v) is 22.1. The van der Waals surface area contributed by atoms with Crippen molar-refractivity contribution < 1.29 is 4.74 Å². The van der Waals surface area contributed by atoms with Crippen molar-refractivity contribution in [3.63, 3.8) is 0 Å². The van der Waals surface area contributed by atoms with Gasteiger partial charge in [-0.15, -0.1) is 0 Å². The van der Waals surface area contributed by atoms with Crippen LogP contribution in [0, 0.1) is 13.8 Å². The smallest absolute Gasteiger partial charge is 0.138 e. The molecule has 0 N–H and O–H groups in total.